The maximum absolute atomic E-state index is 13.7. The van der Waals surface area contributed by atoms with E-state index in [1.165, 1.54) is 58.0 Å². The third-order valence-corrected chi connectivity index (χ3v) is 8.42. The van der Waals surface area contributed by atoms with Crippen LogP contribution in [0, 0.1) is 5.82 Å². The van der Waals surface area contributed by atoms with E-state index in [2.05, 4.69) is 9.80 Å². The minimum atomic E-state index is -1.12. The summed E-state index contributed by atoms with van der Waals surface area (Å²) in [6, 6.07) is 9.01. The number of fused-ring (bicyclic) bond motifs is 1. The number of benzene rings is 1. The molecule has 8 heteroatoms. The Morgan fingerprint density at radius 1 is 0.972 bits per heavy atom. The standard InChI is InChI=1S/C28H36FN5O2/c1-36-28(35)23-18-24(33-16-12-21(13-17-33)32-14-3-2-4-15-32)25-26(19-6-5-7-19)31-34(27(25)30-23)22-10-8-20(29)9-11-22/h8-11,18-19,21,28,35H,2-7,12-17H2,1H3. The molecule has 1 saturated carbocycles. The first-order valence-electron chi connectivity index (χ1n) is 13.5. The number of likely N-dealkylation sites (tertiary alicyclic amines) is 1. The van der Waals surface area contributed by atoms with Crippen LogP contribution in [0.3, 0.4) is 0 Å². The molecule has 3 aliphatic rings. The van der Waals surface area contributed by atoms with E-state index in [9.17, 15) is 9.50 Å². The number of aromatic nitrogens is 3. The molecule has 0 radical (unpaired) electrons. The molecule has 192 valence electrons. The van der Waals surface area contributed by atoms with Crippen LogP contribution >= 0.6 is 0 Å². The van der Waals surface area contributed by atoms with Gasteiger partial charge in [0.15, 0.2) is 11.9 Å². The lowest BCUT2D eigenvalue weighted by atomic mass is 9.82. The van der Waals surface area contributed by atoms with Crippen LogP contribution in [0.2, 0.25) is 0 Å². The first-order chi connectivity index (χ1) is 17.6. The molecule has 4 heterocycles. The van der Waals surface area contributed by atoms with Crippen molar-refractivity contribution >= 4 is 16.7 Å². The number of hydrogen-bond acceptors (Lipinski definition) is 6. The molecular formula is C28H36FN5O2. The number of piperidine rings is 2. The molecule has 0 bridgehead atoms. The first-order valence-corrected chi connectivity index (χ1v) is 13.5. The van der Waals surface area contributed by atoms with Crippen molar-refractivity contribution in [2.45, 2.75) is 69.6 Å². The second kappa shape index (κ2) is 10.1. The largest absolute Gasteiger partial charge is 0.371 e. The number of pyridine rings is 1. The SMILES string of the molecule is COC(O)c1cc(N2CCC(N3CCCCC3)CC2)c2c(C3CCC3)nn(-c3ccc(F)cc3)c2n1. The zero-order chi connectivity index (χ0) is 24.6. The van der Waals surface area contributed by atoms with E-state index in [1.807, 2.05) is 10.7 Å². The van der Waals surface area contributed by atoms with Gasteiger partial charge in [-0.25, -0.2) is 14.1 Å². The van der Waals surface area contributed by atoms with Gasteiger partial charge in [-0.05, 0) is 81.9 Å². The Morgan fingerprint density at radius 2 is 1.69 bits per heavy atom. The van der Waals surface area contributed by atoms with Crippen LogP contribution in [0.25, 0.3) is 16.7 Å². The molecule has 3 fully saturated rings. The average molecular weight is 494 g/mol. The summed E-state index contributed by atoms with van der Waals surface area (Å²) in [6.07, 6.45) is 8.59. The number of anilines is 1. The second-order valence-electron chi connectivity index (χ2n) is 10.6. The third kappa shape index (κ3) is 4.40. The summed E-state index contributed by atoms with van der Waals surface area (Å²) >= 11 is 0. The van der Waals surface area contributed by atoms with Gasteiger partial charge in [0.05, 0.1) is 22.5 Å². The molecule has 2 aromatic heterocycles. The predicted octanol–water partition coefficient (Wildman–Crippen LogP) is 4.92. The zero-order valence-electron chi connectivity index (χ0n) is 21.1. The molecule has 6 rings (SSSR count). The molecule has 1 aromatic carbocycles. The fraction of sp³-hybridized carbons (Fsp3) is 0.571. The Kier molecular flexibility index (Phi) is 6.67. The van der Waals surface area contributed by atoms with Crippen molar-refractivity contribution in [2.75, 3.05) is 38.2 Å². The lowest BCUT2D eigenvalue weighted by Crippen LogP contribution is -2.46. The Morgan fingerprint density at radius 3 is 2.33 bits per heavy atom. The van der Waals surface area contributed by atoms with Crippen LogP contribution in [0.1, 0.15) is 75.0 Å². The average Bonchev–Trinajstić information content (AvgIpc) is 3.26. The highest BCUT2D eigenvalue weighted by atomic mass is 19.1. The van der Waals surface area contributed by atoms with Crippen LogP contribution < -0.4 is 4.90 Å². The molecular weight excluding hydrogens is 457 g/mol. The van der Waals surface area contributed by atoms with Gasteiger partial charge < -0.3 is 19.6 Å². The van der Waals surface area contributed by atoms with E-state index in [0.29, 0.717) is 23.3 Å². The number of aliphatic hydroxyl groups is 1. The Balaban J connectivity index is 1.42. The summed E-state index contributed by atoms with van der Waals surface area (Å²) in [5, 5.41) is 16.7. The monoisotopic (exact) mass is 493 g/mol. The van der Waals surface area contributed by atoms with E-state index in [4.69, 9.17) is 14.8 Å². The molecule has 7 nitrogen and oxygen atoms in total. The van der Waals surface area contributed by atoms with Gasteiger partial charge in [0.1, 0.15) is 11.5 Å². The molecule has 2 saturated heterocycles. The number of ether oxygens (including phenoxy) is 1. The summed E-state index contributed by atoms with van der Waals surface area (Å²) in [5.41, 5.74) is 4.09. The highest BCUT2D eigenvalue weighted by Gasteiger charge is 2.32. The summed E-state index contributed by atoms with van der Waals surface area (Å²) in [4.78, 5) is 9.99. The van der Waals surface area contributed by atoms with Gasteiger partial charge in [-0.15, -0.1) is 0 Å². The number of halogens is 1. The lowest BCUT2D eigenvalue weighted by Gasteiger charge is -2.41. The normalized spacial score (nSPS) is 21.1. The van der Waals surface area contributed by atoms with E-state index < -0.39 is 6.29 Å². The van der Waals surface area contributed by atoms with Crippen LogP contribution in [0.15, 0.2) is 30.3 Å². The Hall–Kier alpha value is -2.55. The fourth-order valence-corrected chi connectivity index (χ4v) is 6.12. The van der Waals surface area contributed by atoms with Gasteiger partial charge in [0.2, 0.25) is 0 Å². The maximum Gasteiger partial charge on any atom is 0.198 e. The number of methoxy groups -OCH3 is 1. The summed E-state index contributed by atoms with van der Waals surface area (Å²) in [6.45, 7) is 4.39. The molecule has 3 aromatic rings. The molecule has 36 heavy (non-hydrogen) atoms. The number of aliphatic hydroxyl groups excluding tert-OH is 1. The summed E-state index contributed by atoms with van der Waals surface area (Å²) in [5.74, 6) is 0.119. The first kappa shape index (κ1) is 23.8. The molecule has 1 N–H and O–H groups in total. The van der Waals surface area contributed by atoms with Gasteiger partial charge in [-0.1, -0.05) is 12.8 Å². The molecule has 0 spiro atoms. The minimum Gasteiger partial charge on any atom is -0.371 e. The van der Waals surface area contributed by atoms with Crippen molar-refractivity contribution in [3.05, 3.63) is 47.5 Å². The van der Waals surface area contributed by atoms with Crippen molar-refractivity contribution in [3.8, 4) is 5.69 Å². The Labute approximate surface area is 211 Å². The summed E-state index contributed by atoms with van der Waals surface area (Å²) in [7, 11) is 1.48. The zero-order valence-corrected chi connectivity index (χ0v) is 21.1. The Bertz CT molecular complexity index is 1190. The fourth-order valence-electron chi connectivity index (χ4n) is 6.12. The van der Waals surface area contributed by atoms with Crippen LogP contribution in [0.5, 0.6) is 0 Å². The van der Waals surface area contributed by atoms with Gasteiger partial charge >= 0.3 is 0 Å². The van der Waals surface area contributed by atoms with Crippen molar-refractivity contribution in [2.24, 2.45) is 0 Å². The van der Waals surface area contributed by atoms with Crippen molar-refractivity contribution < 1.29 is 14.2 Å². The quantitative estimate of drug-likeness (QED) is 0.492. The topological polar surface area (TPSA) is 66.7 Å². The van der Waals surface area contributed by atoms with Crippen molar-refractivity contribution in [1.82, 2.24) is 19.7 Å². The molecule has 1 aliphatic carbocycles. The smallest absolute Gasteiger partial charge is 0.198 e. The number of rotatable bonds is 6. The molecule has 0 amide bonds. The van der Waals surface area contributed by atoms with Crippen LogP contribution in [-0.4, -0.2) is 64.1 Å². The number of hydrogen-bond donors (Lipinski definition) is 1. The molecule has 1 atom stereocenters. The number of nitrogens with zero attached hydrogens (tertiary/aromatic N) is 5. The second-order valence-corrected chi connectivity index (χ2v) is 10.6. The van der Waals surface area contributed by atoms with E-state index in [-0.39, 0.29) is 5.82 Å². The lowest BCUT2D eigenvalue weighted by molar-refractivity contribution is -0.0796. The van der Waals surface area contributed by atoms with E-state index >= 15 is 0 Å². The van der Waals surface area contributed by atoms with E-state index in [0.717, 1.165) is 61.2 Å². The minimum absolute atomic E-state index is 0.282. The predicted molar refractivity (Wildman–Crippen MR) is 138 cm³/mol. The molecule has 1 unspecified atom stereocenters. The van der Waals surface area contributed by atoms with Gasteiger partial charge in [0.25, 0.3) is 0 Å². The van der Waals surface area contributed by atoms with Gasteiger partial charge in [-0.3, -0.25) is 0 Å². The highest BCUT2D eigenvalue weighted by Crippen LogP contribution is 2.43. The summed E-state index contributed by atoms with van der Waals surface area (Å²) < 4.78 is 20.8. The van der Waals surface area contributed by atoms with Crippen LogP contribution in [0.4, 0.5) is 10.1 Å². The molecule has 2 aliphatic heterocycles. The van der Waals surface area contributed by atoms with E-state index in [1.54, 1.807) is 12.1 Å². The van der Waals surface area contributed by atoms with Gasteiger partial charge in [0, 0.05) is 32.2 Å². The van der Waals surface area contributed by atoms with Crippen LogP contribution in [-0.2, 0) is 4.74 Å². The third-order valence-electron chi connectivity index (χ3n) is 8.42. The van der Waals surface area contributed by atoms with Crippen molar-refractivity contribution in [3.63, 3.8) is 0 Å². The maximum atomic E-state index is 13.7. The highest BCUT2D eigenvalue weighted by molar-refractivity contribution is 5.94. The van der Waals surface area contributed by atoms with Crippen molar-refractivity contribution in [1.29, 1.82) is 0 Å². The van der Waals surface area contributed by atoms with Gasteiger partial charge in [-0.2, -0.15) is 5.10 Å².